The minimum Gasteiger partial charge on any atom is -0.748 e. The van der Waals surface area contributed by atoms with Gasteiger partial charge in [-0.3, -0.25) is 0 Å². The standard InChI is InChI=1S/C23H19Si.C5H5.Fe/c1-4-12-20(13-5-1)24(23-18-10-11-19-23,21-14-6-2-7-15-21)22-16-8-3-9-17-22;1-2-4-5-3-1;/h1-19H;1-5H;/q-1;-5;. The van der Waals surface area contributed by atoms with E-state index in [1.165, 1.54) is 20.7 Å². The quantitative estimate of drug-likeness (QED) is 0.222. The molecule has 0 saturated carbocycles. The molecule has 0 nitrogen and oxygen atoms in total. The van der Waals surface area contributed by atoms with Crippen LogP contribution in [0, 0.1) is 0 Å². The zero-order chi connectivity index (χ0) is 19.8. The van der Waals surface area contributed by atoms with Gasteiger partial charge in [-0.1, -0.05) is 107 Å². The van der Waals surface area contributed by atoms with Gasteiger partial charge >= 0.3 is 0 Å². The zero-order valence-electron chi connectivity index (χ0n) is 16.7. The molecule has 0 bridgehead atoms. The number of hydrogen-bond acceptors (Lipinski definition) is 0. The molecule has 0 heterocycles. The molecule has 30 heavy (non-hydrogen) atoms. The maximum absolute atomic E-state index is 2.29. The molecule has 0 fully saturated rings. The first-order valence-electron chi connectivity index (χ1n) is 9.98. The molecule has 0 aliphatic heterocycles. The van der Waals surface area contributed by atoms with Crippen LogP contribution < -0.4 is 20.7 Å². The van der Waals surface area contributed by atoms with Crippen molar-refractivity contribution in [2.24, 2.45) is 0 Å². The second-order valence-corrected chi connectivity index (χ2v) is 10.8. The van der Waals surface area contributed by atoms with Gasteiger partial charge in [-0.05, 0) is 0 Å². The summed E-state index contributed by atoms with van der Waals surface area (Å²) >= 11 is 0. The van der Waals surface area contributed by atoms with Crippen molar-refractivity contribution >= 4 is 28.8 Å². The Balaban J connectivity index is 0.000000376. The van der Waals surface area contributed by atoms with E-state index < -0.39 is 8.07 Å². The maximum atomic E-state index is 2.29. The summed E-state index contributed by atoms with van der Waals surface area (Å²) in [6, 6.07) is 51.9. The number of hydrogen-bond donors (Lipinski definition) is 0. The molecule has 0 aromatic heterocycles. The Kier molecular flexibility index (Phi) is 7.81. The molecule has 5 aromatic rings. The monoisotopic (exact) mass is 444 g/mol. The molecule has 0 N–H and O–H groups in total. The van der Waals surface area contributed by atoms with Gasteiger partial charge in [0.1, 0.15) is 8.07 Å². The van der Waals surface area contributed by atoms with E-state index in [9.17, 15) is 0 Å². The van der Waals surface area contributed by atoms with Crippen molar-refractivity contribution < 1.29 is 17.1 Å². The van der Waals surface area contributed by atoms with Gasteiger partial charge in [0.25, 0.3) is 0 Å². The van der Waals surface area contributed by atoms with Crippen LogP contribution in [-0.2, 0) is 17.1 Å². The van der Waals surface area contributed by atoms with Crippen molar-refractivity contribution in [2.45, 2.75) is 0 Å². The molecule has 0 saturated heterocycles. The van der Waals surface area contributed by atoms with Crippen LogP contribution in [0.25, 0.3) is 0 Å². The van der Waals surface area contributed by atoms with E-state index in [1.54, 1.807) is 0 Å². The summed E-state index contributed by atoms with van der Waals surface area (Å²) in [6.45, 7) is 0. The van der Waals surface area contributed by atoms with Crippen LogP contribution in [0.1, 0.15) is 0 Å². The molecule has 0 radical (unpaired) electrons. The number of benzene rings is 3. The van der Waals surface area contributed by atoms with Crippen LogP contribution in [0.2, 0.25) is 0 Å². The topological polar surface area (TPSA) is 0 Å². The Morgan fingerprint density at radius 2 is 0.733 bits per heavy atom. The first kappa shape index (κ1) is 21.8. The third kappa shape index (κ3) is 4.47. The summed E-state index contributed by atoms with van der Waals surface area (Å²) in [7, 11) is -2.25. The van der Waals surface area contributed by atoms with Gasteiger partial charge in [-0.15, -0.1) is 5.19 Å². The summed E-state index contributed by atoms with van der Waals surface area (Å²) in [5, 5.41) is 5.71. The average molecular weight is 444 g/mol. The van der Waals surface area contributed by atoms with Crippen molar-refractivity contribution in [2.75, 3.05) is 0 Å². The van der Waals surface area contributed by atoms with Gasteiger partial charge in [-0.2, -0.15) is 12.1 Å². The van der Waals surface area contributed by atoms with E-state index in [4.69, 9.17) is 0 Å². The van der Waals surface area contributed by atoms with Gasteiger partial charge in [-0.25, -0.2) is 12.1 Å². The smallest absolute Gasteiger partial charge is 0.122 e. The van der Waals surface area contributed by atoms with Crippen molar-refractivity contribution in [3.8, 4) is 0 Å². The van der Waals surface area contributed by atoms with Crippen molar-refractivity contribution in [3.05, 3.63) is 146 Å². The normalized spacial score (nSPS) is 10.4. The minimum absolute atomic E-state index is 0. The van der Waals surface area contributed by atoms with Gasteiger partial charge < -0.3 is 30.3 Å². The van der Waals surface area contributed by atoms with Crippen LogP contribution in [0.5, 0.6) is 0 Å². The van der Waals surface area contributed by atoms with E-state index in [2.05, 4.69) is 115 Å². The van der Waals surface area contributed by atoms with E-state index >= 15 is 0 Å². The predicted octanol–water partition coefficient (Wildman–Crippen LogP) is 4.19. The van der Waals surface area contributed by atoms with E-state index in [0.29, 0.717) is 0 Å². The van der Waals surface area contributed by atoms with E-state index in [0.717, 1.165) is 0 Å². The molecule has 0 aliphatic rings. The molecule has 0 aliphatic carbocycles. The predicted molar refractivity (Wildman–Crippen MR) is 128 cm³/mol. The third-order valence-corrected chi connectivity index (χ3v) is 10.1. The molecule has 2 heteroatoms. The second kappa shape index (κ2) is 10.8. The Hall–Kier alpha value is -2.90. The van der Waals surface area contributed by atoms with Gasteiger partial charge in [0.2, 0.25) is 0 Å². The Morgan fingerprint density at radius 3 is 1.03 bits per heavy atom. The zero-order valence-corrected chi connectivity index (χ0v) is 18.8. The molecule has 0 spiro atoms. The Morgan fingerprint density at radius 1 is 0.433 bits per heavy atom. The van der Waals surface area contributed by atoms with Crippen molar-refractivity contribution in [1.82, 2.24) is 0 Å². The average Bonchev–Trinajstić information content (AvgIpc) is 3.54. The molecule has 5 aromatic carbocycles. The van der Waals surface area contributed by atoms with Gasteiger partial charge in [0.15, 0.2) is 0 Å². The van der Waals surface area contributed by atoms with Crippen LogP contribution >= 0.6 is 0 Å². The maximum Gasteiger partial charge on any atom is 0.122 e. The minimum atomic E-state index is -2.25. The molecule has 0 amide bonds. The summed E-state index contributed by atoms with van der Waals surface area (Å²) in [5.41, 5.74) is 0. The first-order chi connectivity index (χ1) is 14.4. The Labute approximate surface area is 191 Å². The van der Waals surface area contributed by atoms with E-state index in [-0.39, 0.29) is 17.1 Å². The summed E-state index contributed by atoms with van der Waals surface area (Å²) in [5.74, 6) is 0. The fourth-order valence-corrected chi connectivity index (χ4v) is 8.78. The Bertz CT molecular complexity index is 954. The van der Waals surface area contributed by atoms with Crippen LogP contribution in [0.3, 0.4) is 0 Å². The molecule has 5 rings (SSSR count). The fourth-order valence-electron chi connectivity index (χ4n) is 4.01. The van der Waals surface area contributed by atoms with E-state index in [1.807, 2.05) is 30.3 Å². The summed E-state index contributed by atoms with van der Waals surface area (Å²) in [6.07, 6.45) is 0. The molecule has 0 atom stereocenters. The second-order valence-electron chi connectivity index (χ2n) is 6.98. The molecule has 154 valence electrons. The van der Waals surface area contributed by atoms with Crippen LogP contribution in [0.15, 0.2) is 146 Å². The third-order valence-electron chi connectivity index (χ3n) is 5.27. The van der Waals surface area contributed by atoms with Crippen LogP contribution in [0.4, 0.5) is 0 Å². The number of rotatable bonds is 4. The summed E-state index contributed by atoms with van der Waals surface area (Å²) < 4.78 is 0. The largest absolute Gasteiger partial charge is 0.748 e. The molecular weight excluding hydrogens is 420 g/mol. The van der Waals surface area contributed by atoms with Crippen molar-refractivity contribution in [3.63, 3.8) is 0 Å². The molecule has 0 unspecified atom stereocenters. The van der Waals surface area contributed by atoms with Gasteiger partial charge in [0.05, 0.1) is 0 Å². The SMILES string of the molecule is [Fe].[cH-]1[cH-][cH-][cH-][cH-]1.c1ccc([Si](c2ccccc2)(c2ccccc2)[c-]2cccc2)cc1. The summed E-state index contributed by atoms with van der Waals surface area (Å²) in [4.78, 5) is 0. The van der Waals surface area contributed by atoms with Gasteiger partial charge in [0, 0.05) is 17.1 Å². The van der Waals surface area contributed by atoms with Crippen LogP contribution in [-0.4, -0.2) is 8.07 Å². The molecular formula is C28H24FeSi-6. The van der Waals surface area contributed by atoms with Crippen molar-refractivity contribution in [1.29, 1.82) is 0 Å². The fraction of sp³-hybridized carbons (Fsp3) is 0. The first-order valence-corrected chi connectivity index (χ1v) is 12.0.